The molecule has 3 rings (SSSR count). The van der Waals surface area contributed by atoms with Gasteiger partial charge in [0.25, 0.3) is 0 Å². The summed E-state index contributed by atoms with van der Waals surface area (Å²) in [7, 11) is 0. The average Bonchev–Trinajstić information content (AvgIpc) is 3.19. The lowest BCUT2D eigenvalue weighted by Crippen LogP contribution is -2.13. The lowest BCUT2D eigenvalue weighted by atomic mass is 9.83. The maximum absolute atomic E-state index is 11.0. The second-order valence-corrected chi connectivity index (χ2v) is 7.28. The molecule has 2 nitrogen and oxygen atoms in total. The van der Waals surface area contributed by atoms with Gasteiger partial charge >= 0.3 is 5.97 Å². The predicted molar refractivity (Wildman–Crippen MR) is 83.1 cm³/mol. The number of hydrogen-bond acceptors (Lipinski definition) is 1. The van der Waals surface area contributed by atoms with Gasteiger partial charge in [0.2, 0.25) is 0 Å². The van der Waals surface area contributed by atoms with Gasteiger partial charge in [-0.05, 0) is 48.8 Å². The van der Waals surface area contributed by atoms with Crippen molar-refractivity contribution >= 4 is 21.9 Å². The molecule has 2 aliphatic rings. The van der Waals surface area contributed by atoms with E-state index in [0.717, 1.165) is 12.8 Å². The van der Waals surface area contributed by atoms with Crippen LogP contribution in [0.3, 0.4) is 0 Å². The Balaban J connectivity index is 1.82. The van der Waals surface area contributed by atoms with Crippen molar-refractivity contribution in [2.45, 2.75) is 62.7 Å². The summed E-state index contributed by atoms with van der Waals surface area (Å²) in [5, 5.41) is 9.07. The molecule has 0 aromatic heterocycles. The Kier molecular flexibility index (Phi) is 3.89. The summed E-state index contributed by atoms with van der Waals surface area (Å²) in [5.74, 6) is -0.00298. The zero-order valence-electron chi connectivity index (χ0n) is 11.7. The summed E-state index contributed by atoms with van der Waals surface area (Å²) < 4.78 is 1.18. The molecule has 0 heterocycles. The van der Waals surface area contributed by atoms with E-state index in [1.54, 1.807) is 0 Å². The van der Waals surface area contributed by atoms with Crippen molar-refractivity contribution < 1.29 is 9.90 Å². The molecule has 0 radical (unpaired) electrons. The van der Waals surface area contributed by atoms with Crippen LogP contribution in [0.25, 0.3) is 0 Å². The van der Waals surface area contributed by atoms with Crippen molar-refractivity contribution in [2.24, 2.45) is 0 Å². The fourth-order valence-corrected chi connectivity index (χ4v) is 4.31. The molecule has 0 aliphatic heterocycles. The molecule has 0 atom stereocenters. The third-order valence-corrected chi connectivity index (χ3v) is 5.69. The molecule has 20 heavy (non-hydrogen) atoms. The van der Waals surface area contributed by atoms with Crippen molar-refractivity contribution in [3.63, 3.8) is 0 Å². The summed E-state index contributed by atoms with van der Waals surface area (Å²) in [6, 6.07) is 6.59. The van der Waals surface area contributed by atoms with E-state index >= 15 is 0 Å². The monoisotopic (exact) mass is 336 g/mol. The second-order valence-electron chi connectivity index (χ2n) is 6.42. The summed E-state index contributed by atoms with van der Waals surface area (Å²) in [4.78, 5) is 11.0. The summed E-state index contributed by atoms with van der Waals surface area (Å²) in [6.45, 7) is 0. The number of carboxylic acids is 1. The van der Waals surface area contributed by atoms with Crippen LogP contribution in [0.4, 0.5) is 0 Å². The largest absolute Gasteiger partial charge is 0.481 e. The van der Waals surface area contributed by atoms with Gasteiger partial charge in [0.1, 0.15) is 0 Å². The molecule has 0 bridgehead atoms. The van der Waals surface area contributed by atoms with Gasteiger partial charge in [-0.15, -0.1) is 0 Å². The lowest BCUT2D eigenvalue weighted by Gasteiger charge is -2.24. The third-order valence-electron chi connectivity index (χ3n) is 5.00. The quantitative estimate of drug-likeness (QED) is 0.839. The van der Waals surface area contributed by atoms with E-state index in [0.29, 0.717) is 5.92 Å². The molecule has 0 spiro atoms. The van der Waals surface area contributed by atoms with Gasteiger partial charge in [0.15, 0.2) is 0 Å². The van der Waals surface area contributed by atoms with Crippen LogP contribution in [0.2, 0.25) is 0 Å². The third kappa shape index (κ3) is 2.78. The molecule has 0 saturated heterocycles. The topological polar surface area (TPSA) is 37.3 Å². The summed E-state index contributed by atoms with van der Waals surface area (Å²) >= 11 is 3.72. The molecule has 108 valence electrons. The number of benzene rings is 1. The first-order chi connectivity index (χ1) is 9.61. The maximum Gasteiger partial charge on any atom is 0.304 e. The van der Waals surface area contributed by atoms with E-state index in [4.69, 9.17) is 5.11 Å². The van der Waals surface area contributed by atoms with E-state index in [1.807, 2.05) is 0 Å². The lowest BCUT2D eigenvalue weighted by molar-refractivity contribution is -0.137. The van der Waals surface area contributed by atoms with Crippen molar-refractivity contribution in [1.29, 1.82) is 0 Å². The van der Waals surface area contributed by atoms with Gasteiger partial charge < -0.3 is 5.11 Å². The van der Waals surface area contributed by atoms with Gasteiger partial charge in [0.05, 0.1) is 6.42 Å². The Labute approximate surface area is 128 Å². The number of aliphatic carboxylic acids is 1. The van der Waals surface area contributed by atoms with Gasteiger partial charge in [-0.3, -0.25) is 4.79 Å². The zero-order valence-corrected chi connectivity index (χ0v) is 13.3. The fourth-order valence-electron chi connectivity index (χ4n) is 3.61. The molecular formula is C17H21BrO2. The highest BCUT2D eigenvalue weighted by atomic mass is 79.9. The number of carbonyl (C=O) groups is 1. The van der Waals surface area contributed by atoms with Crippen LogP contribution in [0.1, 0.15) is 68.4 Å². The second kappa shape index (κ2) is 5.51. The Morgan fingerprint density at radius 2 is 1.95 bits per heavy atom. The predicted octanol–water partition coefficient (Wildman–Crippen LogP) is 5.00. The normalized spacial score (nSPS) is 21.6. The zero-order chi connectivity index (χ0) is 14.2. The van der Waals surface area contributed by atoms with Crippen molar-refractivity contribution in [3.05, 3.63) is 33.8 Å². The molecule has 2 saturated carbocycles. The molecule has 1 aromatic carbocycles. The highest BCUT2D eigenvalue weighted by Crippen LogP contribution is 2.52. The molecule has 2 aliphatic carbocycles. The smallest absolute Gasteiger partial charge is 0.304 e. The van der Waals surface area contributed by atoms with Crippen LogP contribution in [0.15, 0.2) is 22.7 Å². The number of hydrogen-bond donors (Lipinski definition) is 1. The molecule has 0 unspecified atom stereocenters. The van der Waals surface area contributed by atoms with Crippen molar-refractivity contribution in [1.82, 2.24) is 0 Å². The molecule has 3 heteroatoms. The van der Waals surface area contributed by atoms with E-state index < -0.39 is 5.97 Å². The minimum absolute atomic E-state index is 0.0839. The highest BCUT2D eigenvalue weighted by molar-refractivity contribution is 9.10. The summed E-state index contributed by atoms with van der Waals surface area (Å²) in [5.41, 5.74) is 2.53. The standard InChI is InChI=1S/C17H21BrO2/c18-15-10-13(17(8-9-17)11-16(19)20)6-7-14(15)12-4-2-1-3-5-12/h6-7,10,12H,1-5,8-9,11H2,(H,19,20). The molecule has 0 amide bonds. The Morgan fingerprint density at radius 3 is 2.50 bits per heavy atom. The molecule has 1 N–H and O–H groups in total. The van der Waals surface area contributed by atoms with Crippen LogP contribution >= 0.6 is 15.9 Å². The van der Waals surface area contributed by atoms with E-state index in [1.165, 1.54) is 47.7 Å². The van der Waals surface area contributed by atoms with Gasteiger partial charge in [0, 0.05) is 9.89 Å². The summed E-state index contributed by atoms with van der Waals surface area (Å²) in [6.07, 6.45) is 8.90. The Hall–Kier alpha value is -0.830. The molecular weight excluding hydrogens is 316 g/mol. The molecule has 2 fully saturated rings. The van der Waals surface area contributed by atoms with Crippen LogP contribution in [-0.4, -0.2) is 11.1 Å². The van der Waals surface area contributed by atoms with Gasteiger partial charge in [-0.25, -0.2) is 0 Å². The Morgan fingerprint density at radius 1 is 1.25 bits per heavy atom. The van der Waals surface area contributed by atoms with Crippen LogP contribution in [0.5, 0.6) is 0 Å². The first-order valence-corrected chi connectivity index (χ1v) is 8.42. The number of carboxylic acid groups (broad SMARTS) is 1. The minimum atomic E-state index is -0.685. The van der Waals surface area contributed by atoms with Crippen molar-refractivity contribution in [3.8, 4) is 0 Å². The number of halogens is 1. The maximum atomic E-state index is 11.0. The molecule has 1 aromatic rings. The fraction of sp³-hybridized carbons (Fsp3) is 0.588. The van der Waals surface area contributed by atoms with Gasteiger partial charge in [-0.1, -0.05) is 47.3 Å². The number of rotatable bonds is 4. The van der Waals surface area contributed by atoms with Crippen LogP contribution in [0, 0.1) is 0 Å². The van der Waals surface area contributed by atoms with E-state index in [2.05, 4.69) is 34.1 Å². The van der Waals surface area contributed by atoms with Gasteiger partial charge in [-0.2, -0.15) is 0 Å². The first-order valence-electron chi connectivity index (χ1n) is 7.62. The van der Waals surface area contributed by atoms with E-state index in [9.17, 15) is 4.79 Å². The highest BCUT2D eigenvalue weighted by Gasteiger charge is 2.46. The first kappa shape index (κ1) is 14.1. The Bertz CT molecular complexity index is 514. The average molecular weight is 337 g/mol. The SMILES string of the molecule is O=C(O)CC1(c2ccc(C3CCCCC3)c(Br)c2)CC1. The van der Waals surface area contributed by atoms with Crippen LogP contribution in [-0.2, 0) is 10.2 Å². The van der Waals surface area contributed by atoms with Crippen molar-refractivity contribution in [2.75, 3.05) is 0 Å². The van der Waals surface area contributed by atoms with Crippen LogP contribution < -0.4 is 0 Å². The minimum Gasteiger partial charge on any atom is -0.481 e. The van der Waals surface area contributed by atoms with E-state index in [-0.39, 0.29) is 11.8 Å².